The number of benzene rings is 1. The Morgan fingerprint density at radius 3 is 2.75 bits per heavy atom. The van der Waals surface area contributed by atoms with E-state index in [1.54, 1.807) is 12.1 Å². The number of carbonyl (C=O) groups is 1. The third kappa shape index (κ3) is 1.52. The highest BCUT2D eigenvalue weighted by Crippen LogP contribution is 2.41. The number of hydrogen-bond donors (Lipinski definition) is 1. The summed E-state index contributed by atoms with van der Waals surface area (Å²) in [4.78, 5) is 13.5. The first-order valence-corrected chi connectivity index (χ1v) is 5.79. The van der Waals surface area contributed by atoms with E-state index in [0.29, 0.717) is 11.6 Å². The first-order chi connectivity index (χ1) is 7.74. The lowest BCUT2D eigenvalue weighted by molar-refractivity contribution is 0.0694. The molecule has 0 spiro atoms. The fourth-order valence-corrected chi connectivity index (χ4v) is 2.91. The normalized spacial score (nSPS) is 27.8. The highest BCUT2D eigenvalue weighted by Gasteiger charge is 2.42. The predicted molar refractivity (Wildman–Crippen MR) is 60.3 cm³/mol. The second kappa shape index (κ2) is 3.59. The molecule has 16 heavy (non-hydrogen) atoms. The van der Waals surface area contributed by atoms with Crippen LogP contribution in [0.5, 0.6) is 0 Å². The predicted octanol–water partition coefficient (Wildman–Crippen LogP) is 1.98. The second-order valence-electron chi connectivity index (χ2n) is 4.88. The second-order valence-corrected chi connectivity index (χ2v) is 4.88. The third-order valence-electron chi connectivity index (χ3n) is 3.84. The average Bonchev–Trinajstić information content (AvgIpc) is 2.76. The van der Waals surface area contributed by atoms with E-state index in [9.17, 15) is 4.79 Å². The summed E-state index contributed by atoms with van der Waals surface area (Å²) < 4.78 is 0. The number of hydrogen-bond acceptors (Lipinski definition) is 2. The van der Waals surface area contributed by atoms with Crippen LogP contribution >= 0.6 is 0 Å². The fraction of sp³-hybridized carbons (Fsp3) is 0.462. The average molecular weight is 217 g/mol. The van der Waals surface area contributed by atoms with Gasteiger partial charge in [0.2, 0.25) is 0 Å². The highest BCUT2D eigenvalue weighted by atomic mass is 16.4. The molecule has 1 N–H and O–H groups in total. The van der Waals surface area contributed by atoms with Crippen LogP contribution in [-0.2, 0) is 6.54 Å². The number of nitrogens with zero attached hydrogens (tertiary/aromatic N) is 1. The summed E-state index contributed by atoms with van der Waals surface area (Å²) in [6.45, 7) is 1.95. The van der Waals surface area contributed by atoms with Crippen molar-refractivity contribution in [3.8, 4) is 0 Å². The molecule has 2 aliphatic heterocycles. The van der Waals surface area contributed by atoms with Crippen molar-refractivity contribution < 1.29 is 9.90 Å². The standard InChI is InChI=1S/C13H15NO2/c15-13(16)12-4-2-1-3-10(12)8-14-7-9-5-11(14)6-9/h1-4,9,11H,5-8H2,(H,15,16). The van der Waals surface area contributed by atoms with Crippen LogP contribution in [0.1, 0.15) is 28.8 Å². The van der Waals surface area contributed by atoms with Gasteiger partial charge in [0.25, 0.3) is 0 Å². The van der Waals surface area contributed by atoms with Crippen LogP contribution in [0.2, 0.25) is 0 Å². The van der Waals surface area contributed by atoms with Crippen molar-refractivity contribution in [2.45, 2.75) is 25.4 Å². The Bertz CT molecular complexity index is 424. The maximum atomic E-state index is 11.1. The van der Waals surface area contributed by atoms with Gasteiger partial charge in [0, 0.05) is 19.1 Å². The molecule has 0 amide bonds. The molecule has 1 aliphatic carbocycles. The molecule has 84 valence electrons. The lowest BCUT2D eigenvalue weighted by Crippen LogP contribution is -2.28. The molecule has 1 aromatic carbocycles. The van der Waals surface area contributed by atoms with Crippen LogP contribution in [0.25, 0.3) is 0 Å². The van der Waals surface area contributed by atoms with Gasteiger partial charge in [-0.2, -0.15) is 0 Å². The minimum atomic E-state index is -0.817. The highest BCUT2D eigenvalue weighted by molar-refractivity contribution is 5.89. The molecule has 2 bridgehead atoms. The lowest BCUT2D eigenvalue weighted by atomic mass is 9.86. The van der Waals surface area contributed by atoms with Crippen LogP contribution in [0.3, 0.4) is 0 Å². The molecule has 1 aromatic rings. The molecule has 0 unspecified atom stereocenters. The summed E-state index contributed by atoms with van der Waals surface area (Å²) in [5.41, 5.74) is 1.40. The largest absolute Gasteiger partial charge is 0.478 e. The maximum Gasteiger partial charge on any atom is 0.336 e. The van der Waals surface area contributed by atoms with Crippen molar-refractivity contribution in [3.05, 3.63) is 35.4 Å². The van der Waals surface area contributed by atoms with Gasteiger partial charge in [0.1, 0.15) is 0 Å². The smallest absolute Gasteiger partial charge is 0.336 e. The molecule has 3 heteroatoms. The number of carboxylic acids is 1. The van der Waals surface area contributed by atoms with Crippen molar-refractivity contribution in [1.82, 2.24) is 4.90 Å². The summed E-state index contributed by atoms with van der Waals surface area (Å²) >= 11 is 0. The summed E-state index contributed by atoms with van der Waals surface area (Å²) in [7, 11) is 0. The molecule has 0 aromatic heterocycles. The summed E-state index contributed by atoms with van der Waals surface area (Å²) in [6, 6.07) is 8.04. The zero-order chi connectivity index (χ0) is 11.1. The van der Waals surface area contributed by atoms with Crippen LogP contribution < -0.4 is 0 Å². The van der Waals surface area contributed by atoms with Gasteiger partial charge < -0.3 is 5.11 Å². The monoisotopic (exact) mass is 217 g/mol. The summed E-state index contributed by atoms with van der Waals surface area (Å²) in [5.74, 6) is 0.0594. The molecule has 3 fully saturated rings. The Balaban J connectivity index is 1.81. The van der Waals surface area contributed by atoms with Crippen LogP contribution in [0.4, 0.5) is 0 Å². The number of fused-ring (bicyclic) bond motifs is 1. The lowest BCUT2D eigenvalue weighted by Gasteiger charge is -2.26. The van der Waals surface area contributed by atoms with Crippen LogP contribution in [0, 0.1) is 5.92 Å². The molecule has 0 atom stereocenters. The number of rotatable bonds is 3. The van der Waals surface area contributed by atoms with Gasteiger partial charge in [0.15, 0.2) is 0 Å². The van der Waals surface area contributed by atoms with Gasteiger partial charge in [-0.05, 0) is 30.4 Å². The number of aromatic carboxylic acids is 1. The quantitative estimate of drug-likeness (QED) is 0.841. The Labute approximate surface area is 94.7 Å². The molecule has 2 heterocycles. The molecule has 3 aliphatic rings. The van der Waals surface area contributed by atoms with Crippen LogP contribution in [0.15, 0.2) is 24.3 Å². The van der Waals surface area contributed by atoms with E-state index < -0.39 is 5.97 Å². The van der Waals surface area contributed by atoms with Crippen molar-refractivity contribution in [2.75, 3.05) is 6.54 Å². The Hall–Kier alpha value is -1.35. The van der Waals surface area contributed by atoms with Gasteiger partial charge in [-0.25, -0.2) is 4.79 Å². The molecular weight excluding hydrogens is 202 g/mol. The van der Waals surface area contributed by atoms with E-state index in [-0.39, 0.29) is 0 Å². The fourth-order valence-electron chi connectivity index (χ4n) is 2.91. The first-order valence-electron chi connectivity index (χ1n) is 5.79. The maximum absolute atomic E-state index is 11.1. The molecule has 4 rings (SSSR count). The van der Waals surface area contributed by atoms with Crippen molar-refractivity contribution in [3.63, 3.8) is 0 Å². The zero-order valence-corrected chi connectivity index (χ0v) is 9.10. The van der Waals surface area contributed by atoms with Crippen molar-refractivity contribution in [1.29, 1.82) is 0 Å². The third-order valence-corrected chi connectivity index (χ3v) is 3.84. The van der Waals surface area contributed by atoms with E-state index >= 15 is 0 Å². The minimum Gasteiger partial charge on any atom is -0.478 e. The van der Waals surface area contributed by atoms with E-state index in [4.69, 9.17) is 5.11 Å². The number of carboxylic acid groups (broad SMARTS) is 1. The van der Waals surface area contributed by atoms with Crippen LogP contribution in [-0.4, -0.2) is 28.6 Å². The first kappa shape index (κ1) is 9.85. The van der Waals surface area contributed by atoms with E-state index in [1.807, 2.05) is 12.1 Å². The molecule has 2 saturated heterocycles. The Kier molecular flexibility index (Phi) is 2.21. The Morgan fingerprint density at radius 1 is 1.38 bits per heavy atom. The van der Waals surface area contributed by atoms with Gasteiger partial charge in [-0.15, -0.1) is 0 Å². The summed E-state index contributed by atoms with van der Waals surface area (Å²) in [6.07, 6.45) is 2.63. The zero-order valence-electron chi connectivity index (χ0n) is 9.10. The van der Waals surface area contributed by atoms with Gasteiger partial charge >= 0.3 is 5.97 Å². The molecule has 0 radical (unpaired) electrons. The van der Waals surface area contributed by atoms with E-state index in [2.05, 4.69) is 4.90 Å². The topological polar surface area (TPSA) is 40.5 Å². The molecular formula is C13H15NO2. The Morgan fingerprint density at radius 2 is 2.12 bits per heavy atom. The van der Waals surface area contributed by atoms with Gasteiger partial charge in [-0.3, -0.25) is 4.90 Å². The molecule has 3 nitrogen and oxygen atoms in total. The van der Waals surface area contributed by atoms with Gasteiger partial charge in [0.05, 0.1) is 5.56 Å². The molecule has 1 saturated carbocycles. The minimum absolute atomic E-state index is 0.451. The van der Waals surface area contributed by atoms with Crippen molar-refractivity contribution >= 4 is 5.97 Å². The SMILES string of the molecule is O=C(O)c1ccccc1CN1CC2CC1C2. The van der Waals surface area contributed by atoms with E-state index in [0.717, 1.165) is 24.6 Å². The van der Waals surface area contributed by atoms with Gasteiger partial charge in [-0.1, -0.05) is 18.2 Å². The van der Waals surface area contributed by atoms with E-state index in [1.165, 1.54) is 12.8 Å². The summed E-state index contributed by atoms with van der Waals surface area (Å²) in [5, 5.41) is 9.10. The van der Waals surface area contributed by atoms with Crippen molar-refractivity contribution in [2.24, 2.45) is 5.92 Å².